The first-order chi connectivity index (χ1) is 14.4. The Morgan fingerprint density at radius 3 is 2.70 bits per heavy atom. The van der Waals surface area contributed by atoms with Crippen molar-refractivity contribution in [2.24, 2.45) is 5.10 Å². The van der Waals surface area contributed by atoms with Crippen molar-refractivity contribution in [1.29, 1.82) is 0 Å². The highest BCUT2D eigenvalue weighted by atomic mass is 16.6. The zero-order valence-corrected chi connectivity index (χ0v) is 16.8. The van der Waals surface area contributed by atoms with Crippen molar-refractivity contribution in [3.8, 4) is 5.75 Å². The second kappa shape index (κ2) is 7.94. The third-order valence-electron chi connectivity index (χ3n) is 5.28. The summed E-state index contributed by atoms with van der Waals surface area (Å²) in [5.74, 6) is -0.441. The van der Waals surface area contributed by atoms with Gasteiger partial charge < -0.3 is 4.74 Å². The summed E-state index contributed by atoms with van der Waals surface area (Å²) in [5, 5.41) is 17.8. The average molecular weight is 403 g/mol. The lowest BCUT2D eigenvalue weighted by Crippen LogP contribution is -2.25. The summed E-state index contributed by atoms with van der Waals surface area (Å²) in [4.78, 5) is 22.8. The molecule has 0 radical (unpaired) electrons. The molecule has 1 amide bonds. The summed E-state index contributed by atoms with van der Waals surface area (Å²) >= 11 is 0. The summed E-state index contributed by atoms with van der Waals surface area (Å²) in [6.07, 6.45) is 2.09. The number of amides is 1. The summed E-state index contributed by atoms with van der Waals surface area (Å²) in [6, 6.07) is 15.0. The minimum atomic E-state index is -0.530. The molecule has 0 atom stereocenters. The van der Waals surface area contributed by atoms with Gasteiger partial charge in [0.15, 0.2) is 12.4 Å². The molecule has 3 aromatic rings. The first-order valence-corrected chi connectivity index (χ1v) is 9.69. The number of nitro groups is 1. The maximum atomic E-state index is 12.2. The van der Waals surface area contributed by atoms with E-state index < -0.39 is 10.8 Å². The Kier molecular flexibility index (Phi) is 5.18. The number of benzene rings is 3. The molecule has 7 nitrogen and oxygen atoms in total. The third kappa shape index (κ3) is 3.74. The highest BCUT2D eigenvalue weighted by Crippen LogP contribution is 2.33. The topological polar surface area (TPSA) is 93.8 Å². The number of ether oxygens (including phenoxy) is 1. The Bertz CT molecular complexity index is 1190. The lowest BCUT2D eigenvalue weighted by Gasteiger charge is -2.10. The van der Waals surface area contributed by atoms with Gasteiger partial charge in [-0.15, -0.1) is 0 Å². The Balaban J connectivity index is 1.47. The molecule has 0 aliphatic heterocycles. The van der Waals surface area contributed by atoms with Crippen molar-refractivity contribution in [3.63, 3.8) is 0 Å². The predicted molar refractivity (Wildman–Crippen MR) is 115 cm³/mol. The predicted octanol–water partition coefficient (Wildman–Crippen LogP) is 4.07. The molecule has 0 saturated heterocycles. The maximum Gasteiger partial charge on any atom is 0.311 e. The fourth-order valence-electron chi connectivity index (χ4n) is 3.84. The van der Waals surface area contributed by atoms with Crippen molar-refractivity contribution in [1.82, 2.24) is 5.43 Å². The third-order valence-corrected chi connectivity index (χ3v) is 5.28. The van der Waals surface area contributed by atoms with Crippen LogP contribution in [0.15, 0.2) is 53.6 Å². The van der Waals surface area contributed by atoms with E-state index in [1.165, 1.54) is 28.6 Å². The van der Waals surface area contributed by atoms with Crippen molar-refractivity contribution in [2.45, 2.75) is 26.7 Å². The highest BCUT2D eigenvalue weighted by molar-refractivity contribution is 6.11. The van der Waals surface area contributed by atoms with E-state index in [9.17, 15) is 14.9 Å². The molecule has 0 unspecified atom stereocenters. The van der Waals surface area contributed by atoms with Crippen LogP contribution in [0.1, 0.15) is 29.2 Å². The largest absolute Gasteiger partial charge is 0.477 e. The second-order valence-electron chi connectivity index (χ2n) is 7.36. The Morgan fingerprint density at radius 1 is 1.17 bits per heavy atom. The van der Waals surface area contributed by atoms with E-state index in [4.69, 9.17) is 4.74 Å². The molecule has 1 aliphatic rings. The van der Waals surface area contributed by atoms with Crippen LogP contribution in [0.25, 0.3) is 10.8 Å². The van der Waals surface area contributed by atoms with Crippen molar-refractivity contribution in [3.05, 3.63) is 80.9 Å². The number of hydrogen-bond donors (Lipinski definition) is 1. The molecule has 0 saturated carbocycles. The molecule has 4 rings (SSSR count). The number of hydrogen-bond acceptors (Lipinski definition) is 5. The fraction of sp³-hybridized carbons (Fsp3) is 0.217. The fourth-order valence-corrected chi connectivity index (χ4v) is 3.84. The zero-order chi connectivity index (χ0) is 21.3. The van der Waals surface area contributed by atoms with Crippen LogP contribution in [0.2, 0.25) is 0 Å². The van der Waals surface area contributed by atoms with E-state index in [0.29, 0.717) is 5.71 Å². The van der Waals surface area contributed by atoms with Gasteiger partial charge >= 0.3 is 5.69 Å². The summed E-state index contributed by atoms with van der Waals surface area (Å²) in [5.41, 5.74) is 7.37. The smallest absolute Gasteiger partial charge is 0.311 e. The number of nitrogens with zero attached hydrogens (tertiary/aromatic N) is 2. The molecule has 0 bridgehead atoms. The van der Waals surface area contributed by atoms with E-state index in [1.54, 1.807) is 13.0 Å². The Morgan fingerprint density at radius 2 is 1.93 bits per heavy atom. The van der Waals surface area contributed by atoms with Gasteiger partial charge in [0.1, 0.15) is 0 Å². The van der Waals surface area contributed by atoms with Crippen LogP contribution in [-0.2, 0) is 17.6 Å². The number of aryl methyl sites for hydroxylation is 3. The van der Waals surface area contributed by atoms with Crippen molar-refractivity contribution >= 4 is 28.1 Å². The Hall–Kier alpha value is -3.74. The van der Waals surface area contributed by atoms with Gasteiger partial charge in [-0.1, -0.05) is 36.4 Å². The molecular formula is C23H21N3O4. The number of nitro benzene ring substituents is 1. The number of nitrogens with one attached hydrogen (secondary N) is 1. The molecule has 0 spiro atoms. The van der Waals surface area contributed by atoms with Crippen LogP contribution in [0.3, 0.4) is 0 Å². The number of carbonyl (C=O) groups is 1. The molecule has 30 heavy (non-hydrogen) atoms. The molecule has 0 fully saturated rings. The molecule has 0 heterocycles. The van der Waals surface area contributed by atoms with Crippen molar-refractivity contribution in [2.75, 3.05) is 6.61 Å². The van der Waals surface area contributed by atoms with Crippen LogP contribution >= 0.6 is 0 Å². The van der Waals surface area contributed by atoms with Crippen molar-refractivity contribution < 1.29 is 14.5 Å². The SMILES string of the molecule is CC(=NNC(=O)COc1ccc(C)cc1[N+](=O)[O-])c1ccc2c3c(cccc13)CC2. The van der Waals surface area contributed by atoms with Gasteiger partial charge in [-0.2, -0.15) is 5.10 Å². The van der Waals surface area contributed by atoms with Crippen LogP contribution < -0.4 is 10.2 Å². The van der Waals surface area contributed by atoms with E-state index in [2.05, 4.69) is 28.7 Å². The van der Waals surface area contributed by atoms with Gasteiger partial charge in [-0.3, -0.25) is 14.9 Å². The first-order valence-electron chi connectivity index (χ1n) is 9.69. The van der Waals surface area contributed by atoms with E-state index in [1.807, 2.05) is 19.1 Å². The van der Waals surface area contributed by atoms with E-state index >= 15 is 0 Å². The van der Waals surface area contributed by atoms with Gasteiger partial charge in [-0.25, -0.2) is 5.43 Å². The molecular weight excluding hydrogens is 382 g/mol. The minimum Gasteiger partial charge on any atom is -0.477 e. The number of carbonyl (C=O) groups excluding carboxylic acids is 1. The summed E-state index contributed by atoms with van der Waals surface area (Å²) in [7, 11) is 0. The van der Waals surface area contributed by atoms with Crippen LogP contribution in [0, 0.1) is 17.0 Å². The van der Waals surface area contributed by atoms with Crippen LogP contribution in [0.5, 0.6) is 5.75 Å². The Labute approximate surface area is 173 Å². The molecule has 152 valence electrons. The van der Waals surface area contributed by atoms with E-state index in [-0.39, 0.29) is 18.0 Å². The zero-order valence-electron chi connectivity index (χ0n) is 16.8. The van der Waals surface area contributed by atoms with E-state index in [0.717, 1.165) is 29.4 Å². The highest BCUT2D eigenvalue weighted by Gasteiger charge is 2.18. The van der Waals surface area contributed by atoms with Gasteiger partial charge in [0.25, 0.3) is 5.91 Å². The maximum absolute atomic E-state index is 12.2. The number of rotatable bonds is 6. The minimum absolute atomic E-state index is 0.0500. The standard InChI is InChI=1S/C23H21N3O4/c1-14-6-11-21(20(12-14)26(28)29)30-13-22(27)25-24-15(2)18-10-9-17-8-7-16-4-3-5-19(18)23(16)17/h3-6,9-12H,7-8,13H2,1-2H3,(H,25,27). The normalized spacial score (nSPS) is 12.8. The van der Waals surface area contributed by atoms with Gasteiger partial charge in [0, 0.05) is 11.6 Å². The van der Waals surface area contributed by atoms with Crippen LogP contribution in [0.4, 0.5) is 5.69 Å². The summed E-state index contributed by atoms with van der Waals surface area (Å²) in [6.45, 7) is 3.22. The average Bonchev–Trinajstić information content (AvgIpc) is 3.16. The molecule has 0 aromatic heterocycles. The molecule has 1 aliphatic carbocycles. The molecule has 3 aromatic carbocycles. The lowest BCUT2D eigenvalue weighted by molar-refractivity contribution is -0.385. The first kappa shape index (κ1) is 19.6. The molecule has 7 heteroatoms. The lowest BCUT2D eigenvalue weighted by atomic mass is 9.98. The van der Waals surface area contributed by atoms with Gasteiger partial charge in [0.2, 0.25) is 0 Å². The van der Waals surface area contributed by atoms with Crippen LogP contribution in [-0.4, -0.2) is 23.1 Å². The number of hydrazone groups is 1. The quantitative estimate of drug-likeness (QED) is 0.381. The monoisotopic (exact) mass is 403 g/mol. The van der Waals surface area contributed by atoms with Gasteiger partial charge in [0.05, 0.1) is 10.6 Å². The molecule has 1 N–H and O–H groups in total. The van der Waals surface area contributed by atoms with Gasteiger partial charge in [-0.05, 0) is 60.2 Å². The second-order valence-corrected chi connectivity index (χ2v) is 7.36. The summed E-state index contributed by atoms with van der Waals surface area (Å²) < 4.78 is 5.34.